The van der Waals surface area contributed by atoms with Crippen LogP contribution in [0.2, 0.25) is 0 Å². The zero-order valence-corrected chi connectivity index (χ0v) is 10.5. The second kappa shape index (κ2) is 5.91. The summed E-state index contributed by atoms with van der Waals surface area (Å²) in [6.45, 7) is 1.66. The summed E-state index contributed by atoms with van der Waals surface area (Å²) in [6, 6.07) is 16.5. The molecule has 4 nitrogen and oxygen atoms in total. The predicted octanol–water partition coefficient (Wildman–Crippen LogP) is 4.29. The molecule has 1 unspecified atom stereocenters. The third-order valence-electron chi connectivity index (χ3n) is 2.80. The molecule has 0 aliphatic heterocycles. The lowest BCUT2D eigenvalue weighted by Gasteiger charge is -2.05. The van der Waals surface area contributed by atoms with Gasteiger partial charge in [0.05, 0.1) is 17.3 Å². The van der Waals surface area contributed by atoms with Gasteiger partial charge in [-0.3, -0.25) is 4.79 Å². The monoisotopic (exact) mass is 254 g/mol. The fraction of sp³-hybridized carbons (Fsp3) is 0.133. The molecule has 2 rings (SSSR count). The lowest BCUT2D eigenvalue weighted by molar-refractivity contribution is -0.138. The quantitative estimate of drug-likeness (QED) is 0.827. The van der Waals surface area contributed by atoms with E-state index >= 15 is 0 Å². The van der Waals surface area contributed by atoms with Crippen LogP contribution >= 0.6 is 0 Å². The molecule has 0 saturated heterocycles. The van der Waals surface area contributed by atoms with Crippen LogP contribution in [0.5, 0.6) is 0 Å². The highest BCUT2D eigenvalue weighted by atomic mass is 16.4. The Kier molecular flexibility index (Phi) is 4.03. The number of carbonyl (C=O) groups is 1. The van der Waals surface area contributed by atoms with Crippen molar-refractivity contribution in [1.82, 2.24) is 0 Å². The van der Waals surface area contributed by atoms with Crippen LogP contribution in [0.25, 0.3) is 0 Å². The highest BCUT2D eigenvalue weighted by Gasteiger charge is 2.12. The Morgan fingerprint density at radius 2 is 1.47 bits per heavy atom. The first-order chi connectivity index (χ1) is 9.16. The second-order valence-electron chi connectivity index (χ2n) is 4.19. The number of hydrogen-bond acceptors (Lipinski definition) is 3. The van der Waals surface area contributed by atoms with Crippen molar-refractivity contribution in [2.24, 2.45) is 10.2 Å². The van der Waals surface area contributed by atoms with Gasteiger partial charge in [-0.1, -0.05) is 30.3 Å². The zero-order valence-electron chi connectivity index (χ0n) is 10.5. The Bertz CT molecular complexity index is 577. The fourth-order valence-electron chi connectivity index (χ4n) is 1.58. The summed E-state index contributed by atoms with van der Waals surface area (Å²) < 4.78 is 0. The van der Waals surface area contributed by atoms with Crippen LogP contribution < -0.4 is 0 Å². The first kappa shape index (κ1) is 13.0. The van der Waals surface area contributed by atoms with E-state index in [1.807, 2.05) is 30.3 Å². The van der Waals surface area contributed by atoms with Crippen molar-refractivity contribution in [1.29, 1.82) is 0 Å². The molecule has 2 aromatic rings. The Morgan fingerprint density at radius 1 is 0.947 bits per heavy atom. The van der Waals surface area contributed by atoms with E-state index in [2.05, 4.69) is 10.2 Å². The normalized spacial score (nSPS) is 12.5. The van der Waals surface area contributed by atoms with Crippen LogP contribution in [-0.4, -0.2) is 11.1 Å². The number of rotatable bonds is 4. The highest BCUT2D eigenvalue weighted by molar-refractivity contribution is 5.75. The van der Waals surface area contributed by atoms with Gasteiger partial charge in [-0.15, -0.1) is 0 Å². The van der Waals surface area contributed by atoms with Gasteiger partial charge in [0.2, 0.25) is 0 Å². The number of carboxylic acids is 1. The van der Waals surface area contributed by atoms with Gasteiger partial charge in [0, 0.05) is 0 Å². The predicted molar refractivity (Wildman–Crippen MR) is 73.1 cm³/mol. The van der Waals surface area contributed by atoms with Crippen molar-refractivity contribution in [3.63, 3.8) is 0 Å². The molecule has 4 heteroatoms. The largest absolute Gasteiger partial charge is 0.481 e. The molecule has 96 valence electrons. The molecule has 1 atom stereocenters. The van der Waals surface area contributed by atoms with Gasteiger partial charge in [0.1, 0.15) is 0 Å². The molecule has 1 N–H and O–H groups in total. The summed E-state index contributed by atoms with van der Waals surface area (Å²) >= 11 is 0. The highest BCUT2D eigenvalue weighted by Crippen LogP contribution is 2.21. The third kappa shape index (κ3) is 3.48. The van der Waals surface area contributed by atoms with Crippen LogP contribution in [-0.2, 0) is 4.79 Å². The minimum atomic E-state index is -0.835. The number of carboxylic acid groups (broad SMARTS) is 1. The molecule has 0 aromatic heterocycles. The molecule has 0 spiro atoms. The Morgan fingerprint density at radius 3 is 2.00 bits per heavy atom. The van der Waals surface area contributed by atoms with Gasteiger partial charge in [-0.05, 0) is 36.8 Å². The van der Waals surface area contributed by atoms with Gasteiger partial charge >= 0.3 is 5.97 Å². The molecule has 0 aliphatic carbocycles. The van der Waals surface area contributed by atoms with E-state index in [1.165, 1.54) is 0 Å². The maximum Gasteiger partial charge on any atom is 0.310 e. The number of azo groups is 1. The summed E-state index contributed by atoms with van der Waals surface area (Å²) in [4.78, 5) is 10.9. The van der Waals surface area contributed by atoms with Crippen molar-refractivity contribution in [2.45, 2.75) is 12.8 Å². The number of benzene rings is 2. The van der Waals surface area contributed by atoms with Crippen molar-refractivity contribution in [2.75, 3.05) is 0 Å². The van der Waals surface area contributed by atoms with Crippen LogP contribution in [0, 0.1) is 0 Å². The van der Waals surface area contributed by atoms with E-state index in [1.54, 1.807) is 31.2 Å². The van der Waals surface area contributed by atoms with E-state index in [0.717, 1.165) is 11.3 Å². The second-order valence-corrected chi connectivity index (χ2v) is 4.19. The summed E-state index contributed by atoms with van der Waals surface area (Å²) in [7, 11) is 0. The minimum absolute atomic E-state index is 0.514. The van der Waals surface area contributed by atoms with Crippen LogP contribution in [0.1, 0.15) is 18.4 Å². The number of nitrogens with zero attached hydrogens (tertiary/aromatic N) is 2. The standard InChI is InChI=1S/C15H14N2O2/c1-11(15(18)19)12-7-9-14(10-8-12)17-16-13-5-3-2-4-6-13/h2-11H,1H3,(H,18,19). The Hall–Kier alpha value is -2.49. The third-order valence-corrected chi connectivity index (χ3v) is 2.80. The molecule has 0 fully saturated rings. The summed E-state index contributed by atoms with van der Waals surface area (Å²) in [6.07, 6.45) is 0. The molecule has 0 aliphatic rings. The average molecular weight is 254 g/mol. The van der Waals surface area contributed by atoms with E-state index in [4.69, 9.17) is 5.11 Å². The van der Waals surface area contributed by atoms with Gasteiger partial charge in [0.25, 0.3) is 0 Å². The summed E-state index contributed by atoms with van der Waals surface area (Å²) in [5.74, 6) is -1.35. The van der Waals surface area contributed by atoms with Crippen molar-refractivity contribution < 1.29 is 9.90 Å². The van der Waals surface area contributed by atoms with E-state index in [-0.39, 0.29) is 0 Å². The zero-order chi connectivity index (χ0) is 13.7. The molecular weight excluding hydrogens is 240 g/mol. The number of hydrogen-bond donors (Lipinski definition) is 1. The maximum absolute atomic E-state index is 10.9. The Labute approximate surface area is 111 Å². The molecule has 19 heavy (non-hydrogen) atoms. The summed E-state index contributed by atoms with van der Waals surface area (Å²) in [5, 5.41) is 17.1. The van der Waals surface area contributed by atoms with Gasteiger partial charge in [0.15, 0.2) is 0 Å². The summed E-state index contributed by atoms with van der Waals surface area (Å²) in [5.41, 5.74) is 2.24. The SMILES string of the molecule is CC(C(=O)O)c1ccc(N=Nc2ccccc2)cc1. The molecule has 0 radical (unpaired) electrons. The minimum Gasteiger partial charge on any atom is -0.481 e. The Balaban J connectivity index is 2.11. The first-order valence-corrected chi connectivity index (χ1v) is 5.96. The lowest BCUT2D eigenvalue weighted by Crippen LogP contribution is -2.06. The smallest absolute Gasteiger partial charge is 0.310 e. The van der Waals surface area contributed by atoms with Crippen LogP contribution in [0.15, 0.2) is 64.8 Å². The van der Waals surface area contributed by atoms with Crippen LogP contribution in [0.3, 0.4) is 0 Å². The molecule has 0 heterocycles. The lowest BCUT2D eigenvalue weighted by atomic mass is 10.0. The number of aliphatic carboxylic acids is 1. The topological polar surface area (TPSA) is 62.0 Å². The van der Waals surface area contributed by atoms with Crippen LogP contribution in [0.4, 0.5) is 11.4 Å². The molecule has 2 aromatic carbocycles. The van der Waals surface area contributed by atoms with E-state index < -0.39 is 11.9 Å². The van der Waals surface area contributed by atoms with Crippen molar-refractivity contribution >= 4 is 17.3 Å². The maximum atomic E-state index is 10.9. The molecule has 0 saturated carbocycles. The molecular formula is C15H14N2O2. The van der Waals surface area contributed by atoms with E-state index in [9.17, 15) is 4.79 Å². The molecule has 0 bridgehead atoms. The van der Waals surface area contributed by atoms with Gasteiger partial charge < -0.3 is 5.11 Å². The van der Waals surface area contributed by atoms with Crippen molar-refractivity contribution in [3.8, 4) is 0 Å². The van der Waals surface area contributed by atoms with E-state index in [0.29, 0.717) is 5.69 Å². The van der Waals surface area contributed by atoms with Gasteiger partial charge in [-0.2, -0.15) is 10.2 Å². The van der Waals surface area contributed by atoms with Gasteiger partial charge in [-0.25, -0.2) is 0 Å². The average Bonchev–Trinajstić information content (AvgIpc) is 2.46. The first-order valence-electron chi connectivity index (χ1n) is 5.96. The molecule has 0 amide bonds. The van der Waals surface area contributed by atoms with Crippen molar-refractivity contribution in [3.05, 3.63) is 60.2 Å². The fourth-order valence-corrected chi connectivity index (χ4v) is 1.58.